The van der Waals surface area contributed by atoms with Gasteiger partial charge in [0.1, 0.15) is 30.0 Å². The van der Waals surface area contributed by atoms with Crippen LogP contribution in [0.5, 0.6) is 5.75 Å². The Balaban J connectivity index is 1.44. The van der Waals surface area contributed by atoms with E-state index in [9.17, 15) is 9.18 Å². The van der Waals surface area contributed by atoms with Gasteiger partial charge in [0, 0.05) is 51.3 Å². The lowest BCUT2D eigenvalue weighted by atomic mass is 10.0. The van der Waals surface area contributed by atoms with E-state index < -0.39 is 0 Å². The SMILES string of the molecule is C=CC(=O)Nc1cc(Nc2cc(N3OCC[C@@H]3c3cc(F)cc(-c4ncnn4C)c3)ncn2)c(OC)cc1N(C)CCN(C)C. The molecule has 1 amide bonds. The Hall–Kier alpha value is -5.08. The number of hydrogen-bond donors (Lipinski definition) is 2. The third kappa shape index (κ3) is 7.19. The van der Waals surface area contributed by atoms with E-state index in [0.717, 1.165) is 24.3 Å². The van der Waals surface area contributed by atoms with Crippen molar-refractivity contribution in [1.82, 2.24) is 29.6 Å². The van der Waals surface area contributed by atoms with Crippen LogP contribution in [-0.2, 0) is 16.7 Å². The number of methoxy groups -OCH3 is 1. The third-order valence-electron chi connectivity index (χ3n) is 7.38. The van der Waals surface area contributed by atoms with E-state index in [2.05, 4.69) is 42.2 Å². The molecule has 45 heavy (non-hydrogen) atoms. The maximum atomic E-state index is 14.8. The van der Waals surface area contributed by atoms with Crippen molar-refractivity contribution in [2.45, 2.75) is 12.5 Å². The molecular formula is C31H37FN10O3. The number of halogens is 1. The number of nitrogens with zero attached hydrogens (tertiary/aromatic N) is 8. The van der Waals surface area contributed by atoms with Crippen LogP contribution in [0.25, 0.3) is 11.4 Å². The highest BCUT2D eigenvalue weighted by molar-refractivity contribution is 6.02. The minimum atomic E-state index is -0.385. The van der Waals surface area contributed by atoms with Gasteiger partial charge >= 0.3 is 0 Å². The Morgan fingerprint density at radius 3 is 2.64 bits per heavy atom. The number of hydrogen-bond acceptors (Lipinski definition) is 11. The molecule has 1 aliphatic rings. The quantitative estimate of drug-likeness (QED) is 0.223. The first-order chi connectivity index (χ1) is 21.7. The van der Waals surface area contributed by atoms with Crippen molar-refractivity contribution in [3.8, 4) is 17.1 Å². The molecule has 0 spiro atoms. The number of carbonyl (C=O) groups is 1. The Morgan fingerprint density at radius 2 is 1.93 bits per heavy atom. The average molecular weight is 617 g/mol. The summed E-state index contributed by atoms with van der Waals surface area (Å²) in [6, 6.07) is 9.90. The van der Waals surface area contributed by atoms with Gasteiger partial charge in [-0.1, -0.05) is 6.58 Å². The van der Waals surface area contributed by atoms with E-state index >= 15 is 0 Å². The molecule has 2 aromatic heterocycles. The predicted octanol–water partition coefficient (Wildman–Crippen LogP) is 4.17. The van der Waals surface area contributed by atoms with Gasteiger partial charge in [-0.25, -0.2) is 29.1 Å². The largest absolute Gasteiger partial charge is 0.494 e. The number of nitrogens with one attached hydrogen (secondary N) is 2. The number of ether oxygens (including phenoxy) is 1. The molecular weight excluding hydrogens is 579 g/mol. The molecule has 1 atom stereocenters. The number of aryl methyl sites for hydroxylation is 1. The summed E-state index contributed by atoms with van der Waals surface area (Å²) < 4.78 is 22.1. The van der Waals surface area contributed by atoms with E-state index in [1.807, 2.05) is 38.2 Å². The number of hydroxylamine groups is 1. The summed E-state index contributed by atoms with van der Waals surface area (Å²) in [6.45, 7) is 5.54. The van der Waals surface area contributed by atoms with E-state index in [4.69, 9.17) is 9.57 Å². The summed E-state index contributed by atoms with van der Waals surface area (Å²) in [7, 11) is 9.29. The van der Waals surface area contributed by atoms with Crippen molar-refractivity contribution in [2.75, 3.05) is 68.5 Å². The van der Waals surface area contributed by atoms with Crippen molar-refractivity contribution < 1.29 is 18.8 Å². The van der Waals surface area contributed by atoms with Gasteiger partial charge in [0.25, 0.3) is 0 Å². The zero-order valence-electron chi connectivity index (χ0n) is 26.0. The molecule has 0 saturated carbocycles. The second-order valence-electron chi connectivity index (χ2n) is 10.8. The summed E-state index contributed by atoms with van der Waals surface area (Å²) in [5.41, 5.74) is 3.26. The lowest BCUT2D eigenvalue weighted by Crippen LogP contribution is -2.29. The molecule has 2 N–H and O–H groups in total. The van der Waals surface area contributed by atoms with Gasteiger partial charge in [0.05, 0.1) is 36.8 Å². The Bertz CT molecular complexity index is 1680. The molecule has 5 rings (SSSR count). The number of benzene rings is 2. The Morgan fingerprint density at radius 1 is 1.11 bits per heavy atom. The molecule has 236 valence electrons. The normalized spacial score (nSPS) is 14.5. The smallest absolute Gasteiger partial charge is 0.247 e. The molecule has 1 aliphatic heterocycles. The molecule has 2 aromatic carbocycles. The number of carbonyl (C=O) groups excluding carboxylic acids is 1. The summed E-state index contributed by atoms with van der Waals surface area (Å²) >= 11 is 0. The molecule has 0 aliphatic carbocycles. The number of aromatic nitrogens is 5. The van der Waals surface area contributed by atoms with Crippen molar-refractivity contribution >= 4 is 34.6 Å². The van der Waals surface area contributed by atoms with Gasteiger partial charge < -0.3 is 25.2 Å². The average Bonchev–Trinajstić information content (AvgIpc) is 3.69. The molecule has 1 fully saturated rings. The number of amides is 1. The molecule has 0 radical (unpaired) electrons. The zero-order valence-corrected chi connectivity index (χ0v) is 26.0. The molecule has 4 aromatic rings. The second kappa shape index (κ2) is 13.7. The maximum absolute atomic E-state index is 14.8. The minimum absolute atomic E-state index is 0.303. The highest BCUT2D eigenvalue weighted by Crippen LogP contribution is 2.40. The van der Waals surface area contributed by atoms with Gasteiger partial charge in [-0.15, -0.1) is 0 Å². The molecule has 0 bridgehead atoms. The minimum Gasteiger partial charge on any atom is -0.494 e. The van der Waals surface area contributed by atoms with E-state index in [1.165, 1.54) is 30.9 Å². The summed E-state index contributed by atoms with van der Waals surface area (Å²) in [4.78, 5) is 35.6. The third-order valence-corrected chi connectivity index (χ3v) is 7.38. The highest BCUT2D eigenvalue weighted by atomic mass is 19.1. The van der Waals surface area contributed by atoms with Gasteiger partial charge in [-0.05, 0) is 50.0 Å². The predicted molar refractivity (Wildman–Crippen MR) is 171 cm³/mol. The van der Waals surface area contributed by atoms with E-state index in [0.29, 0.717) is 53.2 Å². The molecule has 14 heteroatoms. The Labute approximate surface area is 261 Å². The first-order valence-corrected chi connectivity index (χ1v) is 14.3. The van der Waals surface area contributed by atoms with Gasteiger partial charge in [-0.2, -0.15) is 5.10 Å². The maximum Gasteiger partial charge on any atom is 0.247 e. The van der Waals surface area contributed by atoms with Crippen LogP contribution in [0, 0.1) is 5.82 Å². The number of anilines is 5. The van der Waals surface area contributed by atoms with Gasteiger partial charge in [0.2, 0.25) is 5.91 Å². The Kier molecular flexibility index (Phi) is 9.54. The van der Waals surface area contributed by atoms with E-state index in [-0.39, 0.29) is 17.8 Å². The van der Waals surface area contributed by atoms with Crippen LogP contribution >= 0.6 is 0 Å². The second-order valence-corrected chi connectivity index (χ2v) is 10.8. The van der Waals surface area contributed by atoms with Gasteiger partial charge in [0.15, 0.2) is 11.6 Å². The standard InChI is InChI=1S/C31H37FN10O3/c1-7-30(43)38-23-15-24(27(44-6)16-26(23)40(4)10-9-39(2)3)37-28-17-29(34-18-33-28)42-25(8-11-45-42)20-12-21(14-22(32)13-20)31-35-19-36-41(31)5/h7,12-19,25H,1,8-11H2,2-6H3,(H,38,43)(H,33,34,37)/t25-/m1/s1. The van der Waals surface area contributed by atoms with Crippen LogP contribution in [0.2, 0.25) is 0 Å². The van der Waals surface area contributed by atoms with Crippen LogP contribution in [0.15, 0.2) is 61.7 Å². The highest BCUT2D eigenvalue weighted by Gasteiger charge is 2.30. The van der Waals surface area contributed by atoms with Crippen LogP contribution in [-0.4, -0.2) is 83.5 Å². The molecule has 3 heterocycles. The number of rotatable bonds is 12. The first-order valence-electron chi connectivity index (χ1n) is 14.3. The van der Waals surface area contributed by atoms with Crippen LogP contribution in [0.3, 0.4) is 0 Å². The van der Waals surface area contributed by atoms with E-state index in [1.54, 1.807) is 36.0 Å². The first kappa shape index (κ1) is 31.3. The monoisotopic (exact) mass is 616 g/mol. The summed E-state index contributed by atoms with van der Waals surface area (Å²) in [5.74, 6) is 1.33. The lowest BCUT2D eigenvalue weighted by Gasteiger charge is -2.26. The molecule has 13 nitrogen and oxygen atoms in total. The summed E-state index contributed by atoms with van der Waals surface area (Å²) in [5, 5.41) is 12.0. The molecule has 0 unspecified atom stereocenters. The topological polar surface area (TPSA) is 126 Å². The molecule has 1 saturated heterocycles. The fourth-order valence-corrected chi connectivity index (χ4v) is 5.07. The summed E-state index contributed by atoms with van der Waals surface area (Å²) in [6.07, 6.45) is 4.70. The zero-order chi connectivity index (χ0) is 32.1. The van der Waals surface area contributed by atoms with Crippen LogP contribution in [0.1, 0.15) is 18.0 Å². The van der Waals surface area contributed by atoms with Crippen molar-refractivity contribution in [2.24, 2.45) is 7.05 Å². The number of likely N-dealkylation sites (N-methyl/N-ethyl adjacent to an activating group) is 2. The van der Waals surface area contributed by atoms with Gasteiger partial charge in [-0.3, -0.25) is 9.63 Å². The fourth-order valence-electron chi connectivity index (χ4n) is 5.07. The lowest BCUT2D eigenvalue weighted by molar-refractivity contribution is -0.111. The van der Waals surface area contributed by atoms with Crippen LogP contribution in [0.4, 0.5) is 33.1 Å². The van der Waals surface area contributed by atoms with Crippen molar-refractivity contribution in [1.29, 1.82) is 0 Å². The van der Waals surface area contributed by atoms with Crippen molar-refractivity contribution in [3.63, 3.8) is 0 Å². The van der Waals surface area contributed by atoms with Crippen molar-refractivity contribution in [3.05, 3.63) is 73.1 Å². The fraction of sp³-hybridized carbons (Fsp3) is 0.323. The van der Waals surface area contributed by atoms with Crippen LogP contribution < -0.4 is 25.3 Å².